The minimum absolute atomic E-state index is 0.469. The number of hydrogen-bond acceptors (Lipinski definition) is 1. The number of halogens is 1. The molecular weight excluding hydrogens is 276 g/mol. The minimum atomic E-state index is 0.469. The Morgan fingerprint density at radius 3 is 2.59 bits per heavy atom. The third-order valence-corrected chi connectivity index (χ3v) is 4.75. The Kier molecular flexibility index (Phi) is 6.50. The fraction of sp³-hybridized carbons (Fsp3) is 1.00. The molecule has 2 heteroatoms. The van der Waals surface area contributed by atoms with Crippen molar-refractivity contribution in [3.05, 3.63) is 0 Å². The van der Waals surface area contributed by atoms with E-state index in [1.54, 1.807) is 0 Å². The summed E-state index contributed by atoms with van der Waals surface area (Å²) in [6, 6.07) is 0. The quantitative estimate of drug-likeness (QED) is 0.625. The van der Waals surface area contributed by atoms with Crippen LogP contribution in [0.5, 0.6) is 0 Å². The fourth-order valence-corrected chi connectivity index (χ4v) is 3.78. The molecule has 0 aromatic rings. The average molecular weight is 305 g/mol. The molecule has 0 radical (unpaired) electrons. The number of hydrogen-bond donors (Lipinski definition) is 0. The van der Waals surface area contributed by atoms with Crippen LogP contribution in [0.15, 0.2) is 0 Å². The van der Waals surface area contributed by atoms with Crippen molar-refractivity contribution in [3.63, 3.8) is 0 Å². The fourth-order valence-electron chi connectivity index (χ4n) is 3.27. The monoisotopic (exact) mass is 304 g/mol. The molecule has 3 atom stereocenters. The molecule has 0 aromatic carbocycles. The van der Waals surface area contributed by atoms with E-state index in [0.717, 1.165) is 17.9 Å². The van der Waals surface area contributed by atoms with Gasteiger partial charge in [-0.15, -0.1) is 0 Å². The average Bonchev–Trinajstić information content (AvgIpc) is 2.21. The van der Waals surface area contributed by atoms with Gasteiger partial charge in [-0.25, -0.2) is 0 Å². The van der Waals surface area contributed by atoms with Crippen LogP contribution in [-0.4, -0.2) is 18.0 Å². The summed E-state index contributed by atoms with van der Waals surface area (Å²) in [6.07, 6.45) is 6.86. The van der Waals surface area contributed by atoms with Gasteiger partial charge in [0.05, 0.1) is 12.7 Å². The van der Waals surface area contributed by atoms with Crippen molar-refractivity contribution in [2.24, 2.45) is 17.3 Å². The van der Waals surface area contributed by atoms with Crippen LogP contribution in [0.3, 0.4) is 0 Å². The van der Waals surface area contributed by atoms with Crippen LogP contribution in [0, 0.1) is 17.3 Å². The third-order valence-electron chi connectivity index (χ3n) is 3.83. The Morgan fingerprint density at radius 2 is 2.06 bits per heavy atom. The molecule has 0 N–H and O–H groups in total. The Labute approximate surface area is 116 Å². The van der Waals surface area contributed by atoms with E-state index in [1.807, 2.05) is 0 Å². The highest BCUT2D eigenvalue weighted by Crippen LogP contribution is 2.39. The van der Waals surface area contributed by atoms with Gasteiger partial charge in [0.2, 0.25) is 0 Å². The summed E-state index contributed by atoms with van der Waals surface area (Å²) in [6.45, 7) is 10.3. The third kappa shape index (κ3) is 5.74. The summed E-state index contributed by atoms with van der Waals surface area (Å²) in [7, 11) is 0. The molecule has 0 amide bonds. The summed E-state index contributed by atoms with van der Waals surface area (Å²) in [5, 5.41) is 1.08. The first kappa shape index (κ1) is 15.5. The Morgan fingerprint density at radius 1 is 1.35 bits per heavy atom. The Balaban J connectivity index is 2.35. The molecule has 102 valence electrons. The molecule has 1 fully saturated rings. The summed E-state index contributed by atoms with van der Waals surface area (Å²) in [4.78, 5) is 0. The lowest BCUT2D eigenvalue weighted by Gasteiger charge is -2.39. The largest absolute Gasteiger partial charge is 0.378 e. The van der Waals surface area contributed by atoms with Gasteiger partial charge in [0, 0.05) is 5.33 Å². The van der Waals surface area contributed by atoms with Gasteiger partial charge in [-0.05, 0) is 42.9 Å². The van der Waals surface area contributed by atoms with Gasteiger partial charge >= 0.3 is 0 Å². The molecule has 1 rings (SSSR count). The van der Waals surface area contributed by atoms with Crippen molar-refractivity contribution < 1.29 is 4.74 Å². The van der Waals surface area contributed by atoms with Crippen LogP contribution in [0.25, 0.3) is 0 Å². The Hall–Kier alpha value is 0.440. The molecule has 0 spiro atoms. The van der Waals surface area contributed by atoms with Crippen molar-refractivity contribution in [3.8, 4) is 0 Å². The van der Waals surface area contributed by atoms with E-state index in [9.17, 15) is 0 Å². The summed E-state index contributed by atoms with van der Waals surface area (Å²) in [5.41, 5.74) is 0.469. The van der Waals surface area contributed by atoms with Crippen LogP contribution >= 0.6 is 15.9 Å². The molecule has 1 nitrogen and oxygen atoms in total. The first-order valence-corrected chi connectivity index (χ1v) is 8.26. The van der Waals surface area contributed by atoms with Gasteiger partial charge < -0.3 is 4.74 Å². The zero-order chi connectivity index (χ0) is 12.9. The van der Waals surface area contributed by atoms with Crippen molar-refractivity contribution in [2.45, 2.75) is 65.9 Å². The molecule has 0 bridgehead atoms. The maximum atomic E-state index is 6.16. The van der Waals surface area contributed by atoms with Crippen molar-refractivity contribution >= 4 is 15.9 Å². The van der Waals surface area contributed by atoms with Crippen LogP contribution < -0.4 is 0 Å². The summed E-state index contributed by atoms with van der Waals surface area (Å²) < 4.78 is 6.16. The molecule has 17 heavy (non-hydrogen) atoms. The van der Waals surface area contributed by atoms with Gasteiger partial charge in [-0.3, -0.25) is 0 Å². The predicted octanol–water partition coefficient (Wildman–Crippen LogP) is 5.03. The SMILES string of the molecule is CCCC(CBr)COC1CC(C)CC(C)(C)C1. The number of alkyl halides is 1. The van der Waals surface area contributed by atoms with E-state index in [2.05, 4.69) is 43.6 Å². The van der Waals surface area contributed by atoms with E-state index in [1.165, 1.54) is 32.1 Å². The van der Waals surface area contributed by atoms with E-state index in [0.29, 0.717) is 17.4 Å². The topological polar surface area (TPSA) is 9.23 Å². The van der Waals surface area contributed by atoms with E-state index < -0.39 is 0 Å². The zero-order valence-electron chi connectivity index (χ0n) is 12.0. The van der Waals surface area contributed by atoms with Crippen molar-refractivity contribution in [1.82, 2.24) is 0 Å². The summed E-state index contributed by atoms with van der Waals surface area (Å²) in [5.74, 6) is 1.51. The van der Waals surface area contributed by atoms with Gasteiger partial charge in [0.1, 0.15) is 0 Å². The lowest BCUT2D eigenvalue weighted by Crippen LogP contribution is -2.33. The smallest absolute Gasteiger partial charge is 0.0582 e. The second-order valence-electron chi connectivity index (χ2n) is 6.68. The lowest BCUT2D eigenvalue weighted by molar-refractivity contribution is -0.0345. The normalized spacial score (nSPS) is 30.2. The van der Waals surface area contributed by atoms with E-state index >= 15 is 0 Å². The standard InChI is InChI=1S/C15H29BrO/c1-5-6-13(10-16)11-17-14-7-12(2)8-15(3,4)9-14/h12-14H,5-11H2,1-4H3. The van der Waals surface area contributed by atoms with Crippen LogP contribution in [0.1, 0.15) is 59.8 Å². The van der Waals surface area contributed by atoms with E-state index in [-0.39, 0.29) is 0 Å². The van der Waals surface area contributed by atoms with Crippen LogP contribution in [0.4, 0.5) is 0 Å². The maximum Gasteiger partial charge on any atom is 0.0582 e. The molecule has 3 unspecified atom stereocenters. The molecule has 1 aliphatic carbocycles. The first-order valence-electron chi connectivity index (χ1n) is 7.14. The second kappa shape index (κ2) is 7.13. The van der Waals surface area contributed by atoms with Gasteiger partial charge in [-0.2, -0.15) is 0 Å². The van der Waals surface area contributed by atoms with Crippen LogP contribution in [-0.2, 0) is 4.74 Å². The number of rotatable bonds is 6. The van der Waals surface area contributed by atoms with E-state index in [4.69, 9.17) is 4.74 Å². The molecule has 0 aliphatic heterocycles. The van der Waals surface area contributed by atoms with Gasteiger partial charge in [0.25, 0.3) is 0 Å². The highest BCUT2D eigenvalue weighted by atomic mass is 79.9. The maximum absolute atomic E-state index is 6.16. The minimum Gasteiger partial charge on any atom is -0.378 e. The lowest BCUT2D eigenvalue weighted by atomic mass is 9.71. The highest BCUT2D eigenvalue weighted by Gasteiger charge is 2.32. The van der Waals surface area contributed by atoms with Crippen molar-refractivity contribution in [1.29, 1.82) is 0 Å². The molecule has 1 saturated carbocycles. The second-order valence-corrected chi connectivity index (χ2v) is 7.33. The number of ether oxygens (including phenoxy) is 1. The van der Waals surface area contributed by atoms with Gasteiger partial charge in [0.15, 0.2) is 0 Å². The molecular formula is C15H29BrO. The molecule has 1 aliphatic rings. The molecule has 0 heterocycles. The Bertz CT molecular complexity index is 215. The molecule has 0 aromatic heterocycles. The van der Waals surface area contributed by atoms with Crippen LogP contribution in [0.2, 0.25) is 0 Å². The first-order chi connectivity index (χ1) is 7.96. The molecule has 0 saturated heterocycles. The zero-order valence-corrected chi connectivity index (χ0v) is 13.6. The summed E-state index contributed by atoms with van der Waals surface area (Å²) >= 11 is 3.60. The highest BCUT2D eigenvalue weighted by molar-refractivity contribution is 9.09. The van der Waals surface area contributed by atoms with Crippen molar-refractivity contribution in [2.75, 3.05) is 11.9 Å². The predicted molar refractivity (Wildman–Crippen MR) is 78.7 cm³/mol. The van der Waals surface area contributed by atoms with Gasteiger partial charge in [-0.1, -0.05) is 50.0 Å².